The van der Waals surface area contributed by atoms with Crippen LogP contribution in [0.15, 0.2) is 42.6 Å². The van der Waals surface area contributed by atoms with Crippen molar-refractivity contribution in [2.24, 2.45) is 0 Å². The van der Waals surface area contributed by atoms with Gasteiger partial charge in [-0.15, -0.1) is 0 Å². The number of ether oxygens (including phenoxy) is 1. The normalized spacial score (nSPS) is 21.4. The van der Waals surface area contributed by atoms with E-state index in [0.717, 1.165) is 18.9 Å². The van der Waals surface area contributed by atoms with Crippen LogP contribution in [0.4, 0.5) is 32.2 Å². The maximum atomic E-state index is 13.4. The maximum absolute atomic E-state index is 13.4. The summed E-state index contributed by atoms with van der Waals surface area (Å²) in [6.07, 6.45) is -5.14. The minimum Gasteiger partial charge on any atom is -0.477 e. The lowest BCUT2D eigenvalue weighted by atomic mass is 9.96. The fourth-order valence-corrected chi connectivity index (χ4v) is 5.09. The summed E-state index contributed by atoms with van der Waals surface area (Å²) in [7, 11) is 0. The molecule has 2 saturated heterocycles. The summed E-state index contributed by atoms with van der Waals surface area (Å²) in [5.74, 6) is -1.27. The number of carbonyl (C=O) groups excluding carboxylic acids is 2. The summed E-state index contributed by atoms with van der Waals surface area (Å²) in [6.45, 7) is 1.39. The summed E-state index contributed by atoms with van der Waals surface area (Å²) in [5.41, 5.74) is -2.53. The largest absolute Gasteiger partial charge is 0.477 e. The van der Waals surface area contributed by atoms with Gasteiger partial charge in [0.2, 0.25) is 0 Å². The summed E-state index contributed by atoms with van der Waals surface area (Å²) >= 11 is 0. The van der Waals surface area contributed by atoms with E-state index in [4.69, 9.17) is 4.74 Å². The van der Waals surface area contributed by atoms with Crippen LogP contribution in [0, 0.1) is 0 Å². The van der Waals surface area contributed by atoms with E-state index in [1.165, 1.54) is 44.3 Å². The van der Waals surface area contributed by atoms with Crippen molar-refractivity contribution in [2.45, 2.75) is 75.6 Å². The van der Waals surface area contributed by atoms with Gasteiger partial charge in [-0.2, -0.15) is 26.3 Å². The molecule has 2 N–H and O–H groups in total. The number of halogens is 6. The molecule has 0 radical (unpaired) electrons. The number of para-hydroxylation sites is 1. The van der Waals surface area contributed by atoms with Gasteiger partial charge in [0.25, 0.3) is 11.8 Å². The molecular formula is C26H28F6N4O3. The zero-order chi connectivity index (χ0) is 28.6. The molecule has 7 nitrogen and oxygen atoms in total. The Labute approximate surface area is 220 Å². The average molecular weight is 559 g/mol. The number of alkyl halides is 6. The summed E-state index contributed by atoms with van der Waals surface area (Å²) in [5, 5.41) is 4.73. The number of nitrogens with one attached hydrogen (secondary N) is 2. The van der Waals surface area contributed by atoms with Crippen molar-refractivity contribution < 1.29 is 40.7 Å². The first kappa shape index (κ1) is 28.5. The van der Waals surface area contributed by atoms with Gasteiger partial charge >= 0.3 is 12.4 Å². The number of hydrogen-bond acceptors (Lipinski definition) is 5. The standard InChI is InChI=1S/C26H28F6N4O3/c1-24(2,39-20-6-4-3-5-19(20)26(30,31)32)23(38)35-16-11-17-8-9-18(12-16)36(17)21-10-7-15(13-33-21)22(37)34-14-25(27,28)29/h3-7,10,13,16-18H,8-9,11-12,14H2,1-2H3,(H,34,37)(H,35,38). The fraction of sp³-hybridized carbons (Fsp3) is 0.500. The maximum Gasteiger partial charge on any atom is 0.419 e. The number of carbonyl (C=O) groups is 2. The third kappa shape index (κ3) is 6.74. The van der Waals surface area contributed by atoms with Gasteiger partial charge in [-0.05, 0) is 63.8 Å². The first-order valence-corrected chi connectivity index (χ1v) is 12.4. The first-order chi connectivity index (χ1) is 18.1. The molecule has 2 amide bonds. The van der Waals surface area contributed by atoms with Crippen LogP contribution < -0.4 is 20.3 Å². The molecule has 1 aromatic heterocycles. The average Bonchev–Trinajstić information content (AvgIpc) is 3.11. The highest BCUT2D eigenvalue weighted by Gasteiger charge is 2.44. The molecule has 212 valence electrons. The zero-order valence-electron chi connectivity index (χ0n) is 21.2. The Balaban J connectivity index is 1.37. The van der Waals surface area contributed by atoms with E-state index in [0.29, 0.717) is 18.7 Å². The van der Waals surface area contributed by atoms with Crippen LogP contribution in [0.3, 0.4) is 0 Å². The first-order valence-electron chi connectivity index (χ1n) is 12.4. The number of aromatic nitrogens is 1. The van der Waals surface area contributed by atoms with Crippen molar-refractivity contribution in [3.8, 4) is 5.75 Å². The lowest BCUT2D eigenvalue weighted by Gasteiger charge is -2.41. The van der Waals surface area contributed by atoms with Crippen molar-refractivity contribution in [1.82, 2.24) is 15.6 Å². The number of pyridine rings is 1. The lowest BCUT2D eigenvalue weighted by molar-refractivity contribution is -0.143. The highest BCUT2D eigenvalue weighted by atomic mass is 19.4. The Hall–Kier alpha value is -3.51. The summed E-state index contributed by atoms with van der Waals surface area (Å²) < 4.78 is 82.7. The molecule has 2 aliphatic rings. The van der Waals surface area contributed by atoms with Crippen molar-refractivity contribution in [2.75, 3.05) is 11.4 Å². The second-order valence-corrected chi connectivity index (χ2v) is 10.2. The number of anilines is 1. The smallest absolute Gasteiger partial charge is 0.419 e. The molecule has 2 aromatic rings. The second-order valence-electron chi connectivity index (χ2n) is 10.2. The van der Waals surface area contributed by atoms with E-state index < -0.39 is 47.6 Å². The molecule has 0 spiro atoms. The molecule has 39 heavy (non-hydrogen) atoms. The Bertz CT molecular complexity index is 1190. The van der Waals surface area contributed by atoms with Crippen LogP contribution >= 0.6 is 0 Å². The monoisotopic (exact) mass is 558 g/mol. The third-order valence-electron chi connectivity index (χ3n) is 6.90. The van der Waals surface area contributed by atoms with Gasteiger partial charge < -0.3 is 20.3 Å². The van der Waals surface area contributed by atoms with Crippen LogP contribution in [0.25, 0.3) is 0 Å². The van der Waals surface area contributed by atoms with Crippen molar-refractivity contribution >= 4 is 17.6 Å². The predicted octanol–water partition coefficient (Wildman–Crippen LogP) is 4.87. The Morgan fingerprint density at radius 1 is 1.00 bits per heavy atom. The van der Waals surface area contributed by atoms with E-state index in [1.54, 1.807) is 11.4 Å². The third-order valence-corrected chi connectivity index (χ3v) is 6.90. The van der Waals surface area contributed by atoms with Crippen molar-refractivity contribution in [3.63, 3.8) is 0 Å². The van der Waals surface area contributed by atoms with Gasteiger partial charge in [0.05, 0.1) is 11.1 Å². The Morgan fingerprint density at radius 2 is 1.64 bits per heavy atom. The number of rotatable bonds is 7. The Morgan fingerprint density at radius 3 is 2.21 bits per heavy atom. The number of nitrogens with zero attached hydrogens (tertiary/aromatic N) is 2. The molecule has 0 saturated carbocycles. The fourth-order valence-electron chi connectivity index (χ4n) is 5.09. The van der Waals surface area contributed by atoms with Crippen LogP contribution in [0.1, 0.15) is 55.5 Å². The molecule has 3 heterocycles. The predicted molar refractivity (Wildman–Crippen MR) is 129 cm³/mol. The molecule has 2 bridgehead atoms. The molecule has 13 heteroatoms. The number of benzene rings is 1. The van der Waals surface area contributed by atoms with Gasteiger partial charge in [-0.1, -0.05) is 12.1 Å². The van der Waals surface area contributed by atoms with Gasteiger partial charge in [0.15, 0.2) is 5.60 Å². The summed E-state index contributed by atoms with van der Waals surface area (Å²) in [4.78, 5) is 31.4. The highest BCUT2D eigenvalue weighted by Crippen LogP contribution is 2.40. The van der Waals surface area contributed by atoms with E-state index in [2.05, 4.69) is 15.2 Å². The van der Waals surface area contributed by atoms with Crippen molar-refractivity contribution in [3.05, 3.63) is 53.7 Å². The van der Waals surface area contributed by atoms with E-state index in [-0.39, 0.29) is 23.7 Å². The van der Waals surface area contributed by atoms with E-state index in [9.17, 15) is 35.9 Å². The second kappa shape index (κ2) is 10.6. The van der Waals surface area contributed by atoms with Crippen LogP contribution in [0.5, 0.6) is 5.75 Å². The summed E-state index contributed by atoms with van der Waals surface area (Å²) in [6, 6.07) is 7.52. The minimum absolute atomic E-state index is 0.00632. The SMILES string of the molecule is CC(C)(Oc1ccccc1C(F)(F)F)C(=O)NC1CC2CCC(C1)N2c1ccc(C(=O)NCC(F)(F)F)cn1. The number of hydrogen-bond donors (Lipinski definition) is 2. The highest BCUT2D eigenvalue weighted by molar-refractivity contribution is 5.94. The molecule has 2 fully saturated rings. The van der Waals surface area contributed by atoms with Gasteiger partial charge in [0, 0.05) is 24.3 Å². The lowest BCUT2D eigenvalue weighted by Crippen LogP contribution is -2.55. The molecular weight excluding hydrogens is 530 g/mol. The number of fused-ring (bicyclic) bond motifs is 2. The van der Waals surface area contributed by atoms with Crippen LogP contribution in [-0.4, -0.2) is 53.2 Å². The molecule has 2 aliphatic heterocycles. The zero-order valence-corrected chi connectivity index (χ0v) is 21.2. The van der Waals surface area contributed by atoms with Crippen molar-refractivity contribution in [1.29, 1.82) is 0 Å². The molecule has 0 aliphatic carbocycles. The number of amides is 2. The Kier molecular flexibility index (Phi) is 7.72. The van der Waals surface area contributed by atoms with Gasteiger partial charge in [0.1, 0.15) is 18.1 Å². The van der Waals surface area contributed by atoms with Gasteiger partial charge in [-0.25, -0.2) is 4.98 Å². The molecule has 2 atom stereocenters. The van der Waals surface area contributed by atoms with Gasteiger partial charge in [-0.3, -0.25) is 9.59 Å². The number of piperidine rings is 1. The molecule has 2 unspecified atom stereocenters. The quantitative estimate of drug-likeness (QED) is 0.474. The molecule has 4 rings (SSSR count). The molecule has 1 aromatic carbocycles. The topological polar surface area (TPSA) is 83.6 Å². The minimum atomic E-state index is -4.63. The van der Waals surface area contributed by atoms with E-state index in [1.807, 2.05) is 0 Å². The van der Waals surface area contributed by atoms with E-state index >= 15 is 0 Å². The van der Waals surface area contributed by atoms with Crippen LogP contribution in [-0.2, 0) is 11.0 Å². The van der Waals surface area contributed by atoms with Crippen LogP contribution in [0.2, 0.25) is 0 Å².